The maximum absolute atomic E-state index is 10.3. The van der Waals surface area contributed by atoms with Crippen LogP contribution in [0.25, 0.3) is 0 Å². The molecule has 1 unspecified atom stereocenters. The lowest BCUT2D eigenvalue weighted by Gasteiger charge is -2.20. The lowest BCUT2D eigenvalue weighted by molar-refractivity contribution is 0.148. The molecule has 0 aliphatic rings. The van der Waals surface area contributed by atoms with Crippen molar-refractivity contribution in [1.29, 1.82) is 0 Å². The first kappa shape index (κ1) is 17.2. The van der Waals surface area contributed by atoms with E-state index in [2.05, 4.69) is 63.0 Å². The van der Waals surface area contributed by atoms with Gasteiger partial charge in [0, 0.05) is 6.54 Å². The quantitative estimate of drug-likeness (QED) is 0.792. The highest BCUT2D eigenvalue weighted by Gasteiger charge is 2.10. The van der Waals surface area contributed by atoms with Gasteiger partial charge in [-0.3, -0.25) is 0 Å². The molecule has 0 aromatic heterocycles. The van der Waals surface area contributed by atoms with Crippen LogP contribution in [0.1, 0.15) is 35.6 Å². The standard InChI is InChI=1S/C17H30N2O/c1-14-11-15(2)13-16(12-14)17(20)7-10-19(5)9-6-8-18(3)4/h11-13,17,20H,6-10H2,1-5H3. The van der Waals surface area contributed by atoms with Gasteiger partial charge < -0.3 is 14.9 Å². The Morgan fingerprint density at radius 2 is 1.55 bits per heavy atom. The summed E-state index contributed by atoms with van der Waals surface area (Å²) in [5.74, 6) is 0. The molecule has 3 nitrogen and oxygen atoms in total. The van der Waals surface area contributed by atoms with E-state index in [1.165, 1.54) is 17.5 Å². The van der Waals surface area contributed by atoms with Crippen LogP contribution in [0.4, 0.5) is 0 Å². The zero-order valence-corrected chi connectivity index (χ0v) is 13.7. The summed E-state index contributed by atoms with van der Waals surface area (Å²) in [7, 11) is 6.33. The summed E-state index contributed by atoms with van der Waals surface area (Å²) in [4.78, 5) is 4.51. The molecular formula is C17H30N2O. The van der Waals surface area contributed by atoms with Crippen LogP contribution in [-0.4, -0.2) is 55.7 Å². The van der Waals surface area contributed by atoms with E-state index in [0.717, 1.165) is 31.6 Å². The predicted octanol–water partition coefficient (Wildman–Crippen LogP) is 2.61. The van der Waals surface area contributed by atoms with Gasteiger partial charge in [-0.1, -0.05) is 29.3 Å². The number of aryl methyl sites for hydroxylation is 2. The topological polar surface area (TPSA) is 26.7 Å². The zero-order valence-electron chi connectivity index (χ0n) is 13.7. The van der Waals surface area contributed by atoms with E-state index in [9.17, 15) is 5.11 Å². The van der Waals surface area contributed by atoms with E-state index in [1.807, 2.05) is 0 Å². The molecule has 1 atom stereocenters. The molecule has 0 aliphatic carbocycles. The summed E-state index contributed by atoms with van der Waals surface area (Å²) in [5, 5.41) is 10.3. The summed E-state index contributed by atoms with van der Waals surface area (Å²) in [6.07, 6.45) is 1.61. The molecule has 0 fully saturated rings. The minimum Gasteiger partial charge on any atom is -0.388 e. The smallest absolute Gasteiger partial charge is 0.0802 e. The summed E-state index contributed by atoms with van der Waals surface area (Å²) in [5.41, 5.74) is 3.49. The molecule has 1 aromatic carbocycles. The van der Waals surface area contributed by atoms with Crippen molar-refractivity contribution in [2.24, 2.45) is 0 Å². The molecule has 3 heteroatoms. The van der Waals surface area contributed by atoms with Gasteiger partial charge in [-0.2, -0.15) is 0 Å². The molecule has 0 amide bonds. The second kappa shape index (κ2) is 8.40. The molecule has 1 rings (SSSR count). The molecule has 1 aromatic rings. The van der Waals surface area contributed by atoms with Crippen molar-refractivity contribution in [2.75, 3.05) is 40.8 Å². The third-order valence-electron chi connectivity index (χ3n) is 3.56. The van der Waals surface area contributed by atoms with Gasteiger partial charge in [-0.25, -0.2) is 0 Å². The predicted molar refractivity (Wildman–Crippen MR) is 86.2 cm³/mol. The van der Waals surface area contributed by atoms with Gasteiger partial charge in [-0.05, 0) is 66.5 Å². The molecule has 0 aliphatic heterocycles. The van der Waals surface area contributed by atoms with E-state index in [0.29, 0.717) is 0 Å². The van der Waals surface area contributed by atoms with Crippen molar-refractivity contribution in [3.05, 3.63) is 34.9 Å². The summed E-state index contributed by atoms with van der Waals surface area (Å²) < 4.78 is 0. The normalized spacial score (nSPS) is 13.2. The minimum atomic E-state index is -0.357. The van der Waals surface area contributed by atoms with Crippen LogP contribution in [0.5, 0.6) is 0 Å². The van der Waals surface area contributed by atoms with Crippen LogP contribution >= 0.6 is 0 Å². The van der Waals surface area contributed by atoms with Gasteiger partial charge in [0.15, 0.2) is 0 Å². The molecule has 1 N–H and O–H groups in total. The average Bonchev–Trinajstić information content (AvgIpc) is 2.34. The maximum Gasteiger partial charge on any atom is 0.0802 e. The molecule has 0 saturated heterocycles. The van der Waals surface area contributed by atoms with E-state index < -0.39 is 0 Å². The van der Waals surface area contributed by atoms with Crippen molar-refractivity contribution >= 4 is 0 Å². The molecule has 0 radical (unpaired) electrons. The number of rotatable bonds is 8. The van der Waals surface area contributed by atoms with E-state index >= 15 is 0 Å². The maximum atomic E-state index is 10.3. The SMILES string of the molecule is Cc1cc(C)cc(C(O)CCN(C)CCCN(C)C)c1. The highest BCUT2D eigenvalue weighted by molar-refractivity contribution is 5.29. The number of nitrogens with zero attached hydrogens (tertiary/aromatic N) is 2. The summed E-state index contributed by atoms with van der Waals surface area (Å²) in [6.45, 7) is 7.29. The Morgan fingerprint density at radius 3 is 2.10 bits per heavy atom. The Balaban J connectivity index is 2.36. The largest absolute Gasteiger partial charge is 0.388 e. The molecule has 0 saturated carbocycles. The fourth-order valence-corrected chi connectivity index (χ4v) is 2.48. The Kier molecular flexibility index (Phi) is 7.20. The monoisotopic (exact) mass is 278 g/mol. The number of hydrogen-bond acceptors (Lipinski definition) is 3. The average molecular weight is 278 g/mol. The molecule has 114 valence electrons. The second-order valence-corrected chi connectivity index (χ2v) is 6.19. The first-order chi connectivity index (χ1) is 9.38. The molecule has 20 heavy (non-hydrogen) atoms. The fourth-order valence-electron chi connectivity index (χ4n) is 2.48. The lowest BCUT2D eigenvalue weighted by Crippen LogP contribution is -2.25. The second-order valence-electron chi connectivity index (χ2n) is 6.19. The van der Waals surface area contributed by atoms with Crippen LogP contribution in [0.2, 0.25) is 0 Å². The zero-order chi connectivity index (χ0) is 15.1. The third kappa shape index (κ3) is 6.51. The van der Waals surface area contributed by atoms with E-state index in [4.69, 9.17) is 0 Å². The Bertz CT molecular complexity index is 384. The van der Waals surface area contributed by atoms with E-state index in [-0.39, 0.29) is 6.10 Å². The van der Waals surface area contributed by atoms with Gasteiger partial charge in [0.25, 0.3) is 0 Å². The van der Waals surface area contributed by atoms with Gasteiger partial charge in [0.05, 0.1) is 6.10 Å². The van der Waals surface area contributed by atoms with Crippen LogP contribution < -0.4 is 0 Å². The first-order valence-corrected chi connectivity index (χ1v) is 7.48. The first-order valence-electron chi connectivity index (χ1n) is 7.48. The Labute approximate surface area is 124 Å². The van der Waals surface area contributed by atoms with Gasteiger partial charge in [0.1, 0.15) is 0 Å². The molecular weight excluding hydrogens is 248 g/mol. The number of aliphatic hydroxyl groups is 1. The number of aliphatic hydroxyl groups excluding tert-OH is 1. The highest BCUT2D eigenvalue weighted by atomic mass is 16.3. The van der Waals surface area contributed by atoms with Gasteiger partial charge >= 0.3 is 0 Å². The minimum absolute atomic E-state index is 0.357. The van der Waals surface area contributed by atoms with Crippen LogP contribution in [0, 0.1) is 13.8 Å². The highest BCUT2D eigenvalue weighted by Crippen LogP contribution is 2.19. The fraction of sp³-hybridized carbons (Fsp3) is 0.647. The summed E-state index contributed by atoms with van der Waals surface area (Å²) >= 11 is 0. The molecule has 0 bridgehead atoms. The van der Waals surface area contributed by atoms with Gasteiger partial charge in [0.2, 0.25) is 0 Å². The molecule has 0 heterocycles. The number of benzene rings is 1. The van der Waals surface area contributed by atoms with Crippen LogP contribution in [0.15, 0.2) is 18.2 Å². The molecule has 0 spiro atoms. The van der Waals surface area contributed by atoms with Crippen molar-refractivity contribution < 1.29 is 5.11 Å². The van der Waals surface area contributed by atoms with Crippen LogP contribution in [-0.2, 0) is 0 Å². The van der Waals surface area contributed by atoms with Crippen molar-refractivity contribution in [3.8, 4) is 0 Å². The van der Waals surface area contributed by atoms with Crippen molar-refractivity contribution in [3.63, 3.8) is 0 Å². The van der Waals surface area contributed by atoms with E-state index in [1.54, 1.807) is 0 Å². The Hall–Kier alpha value is -0.900. The lowest BCUT2D eigenvalue weighted by atomic mass is 10.0. The van der Waals surface area contributed by atoms with Crippen molar-refractivity contribution in [2.45, 2.75) is 32.8 Å². The van der Waals surface area contributed by atoms with Crippen molar-refractivity contribution in [1.82, 2.24) is 9.80 Å². The Morgan fingerprint density at radius 1 is 0.950 bits per heavy atom. The summed E-state index contributed by atoms with van der Waals surface area (Å²) in [6, 6.07) is 6.32. The number of hydrogen-bond donors (Lipinski definition) is 1. The third-order valence-corrected chi connectivity index (χ3v) is 3.56. The van der Waals surface area contributed by atoms with Crippen LogP contribution in [0.3, 0.4) is 0 Å². The van der Waals surface area contributed by atoms with Gasteiger partial charge in [-0.15, -0.1) is 0 Å².